The second-order valence-electron chi connectivity index (χ2n) is 7.81. The van der Waals surface area contributed by atoms with Gasteiger partial charge in [-0.3, -0.25) is 4.79 Å². The van der Waals surface area contributed by atoms with Crippen LogP contribution in [0.25, 0.3) is 0 Å². The number of benzene rings is 2. The molecule has 2 aromatic carbocycles. The predicted octanol–water partition coefficient (Wildman–Crippen LogP) is 2.96. The Balaban J connectivity index is 1.23. The minimum atomic E-state index is -0.510. The SMILES string of the molecule is O=C(NC1CCN(c2ccccc2)CC1)N1CCN(C(=O)c2ccccc2F)CC1. The average Bonchev–Trinajstić information content (AvgIpc) is 2.80. The highest BCUT2D eigenvalue weighted by atomic mass is 19.1. The number of nitrogens with one attached hydrogen (secondary N) is 1. The standard InChI is InChI=1S/C23H27FN4O2/c24-21-9-5-4-8-20(21)22(29)27-14-16-28(17-15-27)23(30)25-18-10-12-26(13-11-18)19-6-2-1-3-7-19/h1-9,18H,10-17H2,(H,25,30). The Morgan fingerprint density at radius 1 is 0.800 bits per heavy atom. The predicted molar refractivity (Wildman–Crippen MR) is 114 cm³/mol. The number of piperazine rings is 1. The van der Waals surface area contributed by atoms with Gasteiger partial charge in [-0.05, 0) is 37.1 Å². The average molecular weight is 410 g/mol. The number of piperidine rings is 1. The first kappa shape index (κ1) is 20.2. The molecule has 6 nitrogen and oxygen atoms in total. The van der Waals surface area contributed by atoms with E-state index in [1.54, 1.807) is 21.9 Å². The Morgan fingerprint density at radius 3 is 2.07 bits per heavy atom. The quantitative estimate of drug-likeness (QED) is 0.847. The van der Waals surface area contributed by atoms with Crippen LogP contribution in [-0.4, -0.2) is 67.0 Å². The molecule has 158 valence electrons. The normalized spacial score (nSPS) is 17.7. The van der Waals surface area contributed by atoms with Crippen LogP contribution in [0.1, 0.15) is 23.2 Å². The third-order valence-corrected chi connectivity index (χ3v) is 5.90. The summed E-state index contributed by atoms with van der Waals surface area (Å²) in [5, 5.41) is 3.14. The van der Waals surface area contributed by atoms with Crippen LogP contribution >= 0.6 is 0 Å². The first-order valence-electron chi connectivity index (χ1n) is 10.5. The number of urea groups is 1. The second-order valence-corrected chi connectivity index (χ2v) is 7.81. The van der Waals surface area contributed by atoms with E-state index in [2.05, 4.69) is 22.3 Å². The summed E-state index contributed by atoms with van der Waals surface area (Å²) in [7, 11) is 0. The molecule has 2 aliphatic heterocycles. The topological polar surface area (TPSA) is 55.9 Å². The molecule has 0 radical (unpaired) electrons. The van der Waals surface area contributed by atoms with Crippen molar-refractivity contribution in [1.82, 2.24) is 15.1 Å². The van der Waals surface area contributed by atoms with Crippen molar-refractivity contribution in [2.75, 3.05) is 44.2 Å². The molecule has 2 fully saturated rings. The van der Waals surface area contributed by atoms with E-state index < -0.39 is 5.82 Å². The largest absolute Gasteiger partial charge is 0.371 e. The van der Waals surface area contributed by atoms with Gasteiger partial charge in [0.15, 0.2) is 0 Å². The van der Waals surface area contributed by atoms with Gasteiger partial charge < -0.3 is 20.0 Å². The summed E-state index contributed by atoms with van der Waals surface area (Å²) < 4.78 is 13.9. The Hall–Kier alpha value is -3.09. The number of hydrogen-bond acceptors (Lipinski definition) is 3. The molecule has 0 aromatic heterocycles. The van der Waals surface area contributed by atoms with Gasteiger partial charge in [0.2, 0.25) is 0 Å². The monoisotopic (exact) mass is 410 g/mol. The number of carbonyl (C=O) groups excluding carboxylic acids is 2. The fraction of sp³-hybridized carbons (Fsp3) is 0.391. The molecule has 2 aliphatic rings. The van der Waals surface area contributed by atoms with Gasteiger partial charge in [0, 0.05) is 51.0 Å². The number of amides is 3. The highest BCUT2D eigenvalue weighted by Crippen LogP contribution is 2.20. The lowest BCUT2D eigenvalue weighted by Crippen LogP contribution is -2.55. The highest BCUT2D eigenvalue weighted by Gasteiger charge is 2.28. The van der Waals surface area contributed by atoms with Crippen molar-refractivity contribution in [3.63, 3.8) is 0 Å². The highest BCUT2D eigenvalue weighted by molar-refractivity contribution is 5.94. The smallest absolute Gasteiger partial charge is 0.317 e. The maximum atomic E-state index is 13.9. The van der Waals surface area contributed by atoms with Crippen LogP contribution in [0.3, 0.4) is 0 Å². The molecule has 4 rings (SSSR count). The molecule has 2 heterocycles. The minimum Gasteiger partial charge on any atom is -0.371 e. The Bertz CT molecular complexity index is 876. The van der Waals surface area contributed by atoms with Gasteiger partial charge in [-0.25, -0.2) is 9.18 Å². The van der Waals surface area contributed by atoms with Gasteiger partial charge in [-0.15, -0.1) is 0 Å². The van der Waals surface area contributed by atoms with Crippen LogP contribution in [0.5, 0.6) is 0 Å². The van der Waals surface area contributed by atoms with Crippen LogP contribution in [-0.2, 0) is 0 Å². The number of anilines is 1. The third-order valence-electron chi connectivity index (χ3n) is 5.90. The van der Waals surface area contributed by atoms with Crippen LogP contribution < -0.4 is 10.2 Å². The minimum absolute atomic E-state index is 0.0776. The van der Waals surface area contributed by atoms with Crippen molar-refractivity contribution in [2.24, 2.45) is 0 Å². The molecule has 30 heavy (non-hydrogen) atoms. The first-order valence-corrected chi connectivity index (χ1v) is 10.5. The summed E-state index contributed by atoms with van der Waals surface area (Å²) in [6.45, 7) is 3.56. The molecule has 0 saturated carbocycles. The second kappa shape index (κ2) is 9.15. The molecule has 0 spiro atoms. The van der Waals surface area contributed by atoms with Gasteiger partial charge in [-0.2, -0.15) is 0 Å². The van der Waals surface area contributed by atoms with Gasteiger partial charge in [0.25, 0.3) is 5.91 Å². The molecular weight excluding hydrogens is 383 g/mol. The van der Waals surface area contributed by atoms with Crippen molar-refractivity contribution in [1.29, 1.82) is 0 Å². The van der Waals surface area contributed by atoms with Gasteiger partial charge in [0.05, 0.1) is 5.56 Å². The lowest BCUT2D eigenvalue weighted by Gasteiger charge is -2.37. The van der Waals surface area contributed by atoms with E-state index in [1.807, 2.05) is 18.2 Å². The molecule has 2 saturated heterocycles. The van der Waals surface area contributed by atoms with E-state index >= 15 is 0 Å². The third kappa shape index (κ3) is 4.56. The van der Waals surface area contributed by atoms with Crippen molar-refractivity contribution in [3.05, 3.63) is 66.0 Å². The number of carbonyl (C=O) groups is 2. The molecule has 0 aliphatic carbocycles. The lowest BCUT2D eigenvalue weighted by molar-refractivity contribution is 0.0658. The molecular formula is C23H27FN4O2. The van der Waals surface area contributed by atoms with Gasteiger partial charge >= 0.3 is 6.03 Å². The first-order chi connectivity index (χ1) is 14.6. The van der Waals surface area contributed by atoms with Crippen LogP contribution in [0, 0.1) is 5.82 Å². The van der Waals surface area contributed by atoms with Crippen LogP contribution in [0.15, 0.2) is 54.6 Å². The number of halogens is 1. The fourth-order valence-corrected chi connectivity index (χ4v) is 4.10. The van der Waals surface area contributed by atoms with E-state index in [0.29, 0.717) is 26.2 Å². The zero-order chi connectivity index (χ0) is 20.9. The van der Waals surface area contributed by atoms with E-state index in [0.717, 1.165) is 25.9 Å². The summed E-state index contributed by atoms with van der Waals surface area (Å²) in [6.07, 6.45) is 1.82. The van der Waals surface area contributed by atoms with Crippen molar-refractivity contribution < 1.29 is 14.0 Å². The molecule has 2 aromatic rings. The number of para-hydroxylation sites is 1. The van der Waals surface area contributed by atoms with Gasteiger partial charge in [-0.1, -0.05) is 30.3 Å². The van der Waals surface area contributed by atoms with E-state index in [1.165, 1.54) is 17.8 Å². The zero-order valence-corrected chi connectivity index (χ0v) is 17.0. The maximum Gasteiger partial charge on any atom is 0.317 e. The Kier molecular flexibility index (Phi) is 6.16. The maximum absolute atomic E-state index is 13.9. The van der Waals surface area contributed by atoms with E-state index in [-0.39, 0.29) is 23.5 Å². The summed E-state index contributed by atoms with van der Waals surface area (Å²) in [6, 6.07) is 16.4. The number of hydrogen-bond donors (Lipinski definition) is 1. The summed E-state index contributed by atoms with van der Waals surface area (Å²) in [5.41, 5.74) is 1.30. The summed E-state index contributed by atoms with van der Waals surface area (Å²) in [4.78, 5) is 30.9. The molecule has 0 atom stereocenters. The van der Waals surface area contributed by atoms with E-state index in [9.17, 15) is 14.0 Å². The van der Waals surface area contributed by atoms with E-state index in [4.69, 9.17) is 0 Å². The molecule has 1 N–H and O–H groups in total. The van der Waals surface area contributed by atoms with Crippen molar-refractivity contribution in [3.8, 4) is 0 Å². The Morgan fingerprint density at radius 2 is 1.40 bits per heavy atom. The van der Waals surface area contributed by atoms with Crippen LogP contribution in [0.2, 0.25) is 0 Å². The van der Waals surface area contributed by atoms with Crippen molar-refractivity contribution in [2.45, 2.75) is 18.9 Å². The summed E-state index contributed by atoms with van der Waals surface area (Å²) >= 11 is 0. The number of rotatable bonds is 3. The molecule has 7 heteroatoms. The molecule has 0 bridgehead atoms. The lowest BCUT2D eigenvalue weighted by atomic mass is 10.0. The van der Waals surface area contributed by atoms with Crippen molar-refractivity contribution >= 4 is 17.6 Å². The fourth-order valence-electron chi connectivity index (χ4n) is 4.10. The molecule has 0 unspecified atom stereocenters. The van der Waals surface area contributed by atoms with Gasteiger partial charge in [0.1, 0.15) is 5.82 Å². The summed E-state index contributed by atoms with van der Waals surface area (Å²) in [5.74, 6) is -0.828. The Labute approximate surface area is 176 Å². The number of nitrogens with zero attached hydrogens (tertiary/aromatic N) is 3. The zero-order valence-electron chi connectivity index (χ0n) is 17.0. The molecule has 3 amide bonds. The van der Waals surface area contributed by atoms with Crippen LogP contribution in [0.4, 0.5) is 14.9 Å².